The van der Waals surface area contributed by atoms with E-state index in [9.17, 15) is 19.5 Å². The Bertz CT molecular complexity index is 1810. The van der Waals surface area contributed by atoms with Crippen LogP contribution < -0.4 is 20.2 Å². The first kappa shape index (κ1) is 40.2. The zero-order valence-electron chi connectivity index (χ0n) is 31.9. The van der Waals surface area contributed by atoms with Gasteiger partial charge in [0.05, 0.1) is 31.0 Å². The normalized spacial score (nSPS) is 21.6. The van der Waals surface area contributed by atoms with Gasteiger partial charge in [0.2, 0.25) is 5.91 Å². The molecule has 2 unspecified atom stereocenters. The van der Waals surface area contributed by atoms with E-state index in [2.05, 4.69) is 23.9 Å². The van der Waals surface area contributed by atoms with Crippen LogP contribution in [0.1, 0.15) is 59.8 Å². The average Bonchev–Trinajstić information content (AvgIpc) is 3.70. The highest BCUT2D eigenvalue weighted by molar-refractivity contribution is 5.94. The van der Waals surface area contributed by atoms with Crippen molar-refractivity contribution in [2.45, 2.75) is 89.4 Å². The highest BCUT2D eigenvalue weighted by Gasteiger charge is 2.62. The summed E-state index contributed by atoms with van der Waals surface area (Å²) in [7, 11) is 1.59. The molecule has 13 heteroatoms. The van der Waals surface area contributed by atoms with E-state index >= 15 is 0 Å². The number of aliphatic hydroxyl groups excluding tert-OH is 1. The second-order valence-corrected chi connectivity index (χ2v) is 14.6. The van der Waals surface area contributed by atoms with Gasteiger partial charge in [-0.25, -0.2) is 19.5 Å². The predicted molar refractivity (Wildman–Crippen MR) is 205 cm³/mol. The fourth-order valence-corrected chi connectivity index (χ4v) is 6.72. The first-order valence-corrected chi connectivity index (χ1v) is 18.5. The maximum Gasteiger partial charge on any atom is 0.422 e. The lowest BCUT2D eigenvalue weighted by Crippen LogP contribution is -2.61. The second-order valence-electron chi connectivity index (χ2n) is 14.6. The first-order valence-electron chi connectivity index (χ1n) is 18.5. The molecule has 2 fully saturated rings. The van der Waals surface area contributed by atoms with Gasteiger partial charge in [0.25, 0.3) is 0 Å². The Morgan fingerprint density at radius 3 is 2.54 bits per heavy atom. The molecule has 2 amide bonds. The van der Waals surface area contributed by atoms with Crippen molar-refractivity contribution in [1.29, 1.82) is 0 Å². The first-order chi connectivity index (χ1) is 25.8. The number of hydrogen-bond donors (Lipinski definition) is 3. The van der Waals surface area contributed by atoms with Crippen molar-refractivity contribution in [1.82, 2.24) is 25.6 Å². The summed E-state index contributed by atoms with van der Waals surface area (Å²) in [6, 6.07) is 16.1. The van der Waals surface area contributed by atoms with E-state index in [0.717, 1.165) is 23.8 Å². The number of fused-ring (bicyclic) bond motifs is 1. The SMILES string of the molecule is C=CCCCCN(NC(=O)OC(C)(C)C)C(O)N1C[C@H](Oc2cc(-c3ccccc3)nc3cc(OC)ccc23)C[C@H]1C(=O)N[C@]1(C(=O)OCC)CC1C=C. The molecular formula is C41H53N5O8. The summed E-state index contributed by atoms with van der Waals surface area (Å²) in [5.41, 5.74) is 2.88. The van der Waals surface area contributed by atoms with E-state index in [-0.39, 0.29) is 32.0 Å². The van der Waals surface area contributed by atoms with Crippen LogP contribution in [0.15, 0.2) is 79.9 Å². The Kier molecular flexibility index (Phi) is 13.0. The second kappa shape index (κ2) is 17.4. The number of esters is 1. The van der Waals surface area contributed by atoms with Crippen molar-refractivity contribution in [2.75, 3.05) is 26.8 Å². The lowest BCUT2D eigenvalue weighted by molar-refractivity contribution is -0.157. The Morgan fingerprint density at radius 1 is 1.13 bits per heavy atom. The van der Waals surface area contributed by atoms with E-state index in [1.165, 1.54) is 5.01 Å². The van der Waals surface area contributed by atoms with Crippen LogP contribution in [0.5, 0.6) is 11.5 Å². The largest absolute Gasteiger partial charge is 0.497 e. The van der Waals surface area contributed by atoms with Crippen molar-refractivity contribution >= 4 is 28.9 Å². The topological polar surface area (TPSA) is 152 Å². The number of aliphatic hydroxyl groups is 1. The van der Waals surface area contributed by atoms with Gasteiger partial charge in [-0.15, -0.1) is 13.2 Å². The van der Waals surface area contributed by atoms with Gasteiger partial charge in [0, 0.05) is 48.5 Å². The number of pyridine rings is 1. The number of amides is 2. The fourth-order valence-electron chi connectivity index (χ4n) is 6.72. The number of likely N-dealkylation sites (tertiary alicyclic amines) is 1. The van der Waals surface area contributed by atoms with Crippen molar-refractivity contribution in [2.24, 2.45) is 5.92 Å². The number of hydrogen-bond acceptors (Lipinski definition) is 11. The zero-order chi connectivity index (χ0) is 39.0. The molecule has 5 atom stereocenters. The lowest BCUT2D eigenvalue weighted by Gasteiger charge is -2.37. The minimum absolute atomic E-state index is 0.0936. The standard InChI is InChI=1S/C41H53N5O8/c1-8-11-12-16-21-46(44-38(49)54-40(4,5)6)39(50)45-26-30(23-34(45)36(47)43-41(25-28(41)9-2)37(48)52-10-3)53-35-24-32(27-17-14-13-15-18-27)42-33-22-29(51-7)19-20-31(33)35/h8-9,13-15,17-20,22,24,28,30,34,39,50H,1-2,10-12,16,21,23,25-26H2,3-7H3,(H,43,47)(H,44,49)/t28?,30-,34+,39?,41-/m1/s1. The molecule has 13 nitrogen and oxygen atoms in total. The number of benzene rings is 2. The number of hydrazine groups is 1. The van der Waals surface area contributed by atoms with Crippen LogP contribution in [0.3, 0.4) is 0 Å². The molecule has 3 aromatic rings. The lowest BCUT2D eigenvalue weighted by atomic mass is 10.1. The summed E-state index contributed by atoms with van der Waals surface area (Å²) in [5, 5.41) is 17.1. The number of allylic oxidation sites excluding steroid dienone is 1. The van der Waals surface area contributed by atoms with Crippen molar-refractivity contribution < 1.29 is 38.4 Å². The molecule has 2 aliphatic rings. The summed E-state index contributed by atoms with van der Waals surface area (Å²) < 4.78 is 23.1. The zero-order valence-corrected chi connectivity index (χ0v) is 31.9. The van der Waals surface area contributed by atoms with Gasteiger partial charge in [0.15, 0.2) is 6.35 Å². The van der Waals surface area contributed by atoms with Gasteiger partial charge in [0.1, 0.15) is 28.7 Å². The van der Waals surface area contributed by atoms with E-state index < -0.39 is 47.6 Å². The molecule has 1 aromatic heterocycles. The van der Waals surface area contributed by atoms with Crippen LogP contribution in [0.25, 0.3) is 22.2 Å². The van der Waals surface area contributed by atoms with Gasteiger partial charge >= 0.3 is 12.1 Å². The number of carbonyl (C=O) groups excluding carboxylic acids is 3. The minimum atomic E-state index is -1.48. The molecule has 0 spiro atoms. The number of nitrogens with one attached hydrogen (secondary N) is 2. The van der Waals surface area contributed by atoms with Crippen molar-refractivity contribution in [3.63, 3.8) is 0 Å². The minimum Gasteiger partial charge on any atom is -0.497 e. The van der Waals surface area contributed by atoms with Gasteiger partial charge in [-0.3, -0.25) is 10.2 Å². The summed E-state index contributed by atoms with van der Waals surface area (Å²) in [6.45, 7) is 15.1. The van der Waals surface area contributed by atoms with Crippen LogP contribution in [0, 0.1) is 5.92 Å². The Labute approximate surface area is 317 Å². The van der Waals surface area contributed by atoms with Gasteiger partial charge in [-0.1, -0.05) is 42.5 Å². The molecule has 2 aromatic carbocycles. The molecule has 1 aliphatic carbocycles. The van der Waals surface area contributed by atoms with Crippen LogP contribution in [-0.4, -0.2) is 94.4 Å². The number of methoxy groups -OCH3 is 1. The number of carbonyl (C=O) groups is 3. The van der Waals surface area contributed by atoms with Crippen LogP contribution in [0.2, 0.25) is 0 Å². The Hall–Kier alpha value is -4.98. The maximum atomic E-state index is 14.3. The molecule has 0 radical (unpaired) electrons. The van der Waals surface area contributed by atoms with E-state index in [1.54, 1.807) is 51.9 Å². The molecule has 5 rings (SSSR count). The fraction of sp³-hybridized carbons (Fsp3) is 0.463. The predicted octanol–water partition coefficient (Wildman–Crippen LogP) is 5.73. The highest BCUT2D eigenvalue weighted by atomic mass is 16.6. The summed E-state index contributed by atoms with van der Waals surface area (Å²) in [5.74, 6) is -0.164. The number of nitrogens with zero attached hydrogens (tertiary/aromatic N) is 3. The summed E-state index contributed by atoms with van der Waals surface area (Å²) in [4.78, 5) is 46.9. The van der Waals surface area contributed by atoms with Gasteiger partial charge in [-0.2, -0.15) is 5.01 Å². The molecule has 290 valence electrons. The average molecular weight is 744 g/mol. The molecule has 2 heterocycles. The highest BCUT2D eigenvalue weighted by Crippen LogP contribution is 2.46. The molecule has 3 N–H and O–H groups in total. The van der Waals surface area contributed by atoms with E-state index in [4.69, 9.17) is 23.9 Å². The van der Waals surface area contributed by atoms with E-state index in [1.807, 2.05) is 54.6 Å². The molecule has 54 heavy (non-hydrogen) atoms. The van der Waals surface area contributed by atoms with Crippen molar-refractivity contribution in [3.05, 3.63) is 79.9 Å². The third kappa shape index (κ3) is 9.57. The summed E-state index contributed by atoms with van der Waals surface area (Å²) >= 11 is 0. The molecule has 1 aliphatic heterocycles. The molecular weight excluding hydrogens is 690 g/mol. The Balaban J connectivity index is 1.49. The monoisotopic (exact) mass is 743 g/mol. The van der Waals surface area contributed by atoms with Gasteiger partial charge in [-0.05, 0) is 65.5 Å². The molecule has 1 saturated heterocycles. The smallest absolute Gasteiger partial charge is 0.422 e. The summed E-state index contributed by atoms with van der Waals surface area (Å²) in [6.07, 6.45) is 3.21. The van der Waals surface area contributed by atoms with Crippen LogP contribution >= 0.6 is 0 Å². The molecule has 0 bridgehead atoms. The Morgan fingerprint density at radius 2 is 1.89 bits per heavy atom. The maximum absolute atomic E-state index is 14.3. The number of rotatable bonds is 17. The molecule has 1 saturated carbocycles. The van der Waals surface area contributed by atoms with Crippen LogP contribution in [-0.2, 0) is 19.1 Å². The number of aromatic nitrogens is 1. The van der Waals surface area contributed by atoms with Crippen LogP contribution in [0.4, 0.5) is 4.79 Å². The third-order valence-corrected chi connectivity index (χ3v) is 9.50. The van der Waals surface area contributed by atoms with E-state index in [0.29, 0.717) is 35.6 Å². The quantitative estimate of drug-likeness (QED) is 0.0511. The third-order valence-electron chi connectivity index (χ3n) is 9.50. The number of unbranched alkanes of at least 4 members (excludes halogenated alkanes) is 2. The number of ether oxygens (including phenoxy) is 4. The van der Waals surface area contributed by atoms with Gasteiger partial charge < -0.3 is 29.4 Å². The van der Waals surface area contributed by atoms with Crippen molar-refractivity contribution in [3.8, 4) is 22.8 Å².